The van der Waals surface area contributed by atoms with Gasteiger partial charge in [-0.25, -0.2) is 13.8 Å². The molecule has 3 aromatic rings. The Morgan fingerprint density at radius 1 is 0.939 bits per heavy atom. The first kappa shape index (κ1) is 24.0. The third kappa shape index (κ3) is 5.08. The van der Waals surface area contributed by atoms with Gasteiger partial charge in [0.15, 0.2) is 0 Å². The smallest absolute Gasteiger partial charge is 0.322 e. The molecule has 0 bridgehead atoms. The number of benzene rings is 2. The van der Waals surface area contributed by atoms with Gasteiger partial charge in [0.2, 0.25) is 0 Å². The molecule has 0 aliphatic rings. The summed E-state index contributed by atoms with van der Waals surface area (Å²) in [5.74, 6) is -2.28. The van der Waals surface area contributed by atoms with Crippen molar-refractivity contribution in [3.05, 3.63) is 91.0 Å². The minimum Gasteiger partial charge on any atom is -0.322 e. The van der Waals surface area contributed by atoms with Crippen LogP contribution in [-0.2, 0) is 12.4 Å². The largest absolute Gasteiger partial charge is 0.416 e. The van der Waals surface area contributed by atoms with E-state index in [-0.39, 0.29) is 23.9 Å². The molecule has 0 fully saturated rings. The van der Waals surface area contributed by atoms with Gasteiger partial charge >= 0.3 is 18.0 Å². The number of rotatable bonds is 3. The summed E-state index contributed by atoms with van der Waals surface area (Å²) in [6.45, 7) is 0. The fourth-order valence-corrected chi connectivity index (χ4v) is 2.89. The normalized spacial score (nSPS) is 12.0. The number of hydrogen-bond acceptors (Lipinski definition) is 3. The maximum absolute atomic E-state index is 13.4. The van der Waals surface area contributed by atoms with Gasteiger partial charge in [-0.2, -0.15) is 26.3 Å². The van der Waals surface area contributed by atoms with Gasteiger partial charge in [-0.1, -0.05) is 11.6 Å². The molecule has 3 rings (SSSR count). The van der Waals surface area contributed by atoms with Crippen molar-refractivity contribution in [1.29, 1.82) is 0 Å². The highest BCUT2D eigenvalue weighted by Crippen LogP contribution is 2.37. The van der Waals surface area contributed by atoms with Gasteiger partial charge in [0, 0.05) is 11.9 Å². The summed E-state index contributed by atoms with van der Waals surface area (Å²) < 4.78 is 91.7. The molecule has 0 atom stereocenters. The van der Waals surface area contributed by atoms with E-state index in [9.17, 15) is 45.1 Å². The molecule has 6 nitrogen and oxygen atoms in total. The Morgan fingerprint density at radius 2 is 1.52 bits per heavy atom. The van der Waals surface area contributed by atoms with Crippen LogP contribution in [0, 0.1) is 5.82 Å². The lowest BCUT2D eigenvalue weighted by Crippen LogP contribution is -2.38. The van der Waals surface area contributed by atoms with E-state index in [4.69, 9.17) is 11.6 Å². The van der Waals surface area contributed by atoms with Crippen molar-refractivity contribution in [2.75, 3.05) is 5.32 Å². The van der Waals surface area contributed by atoms with Crippen LogP contribution in [0.5, 0.6) is 0 Å². The molecule has 2 N–H and O–H groups in total. The fraction of sp³-hybridized carbons (Fsp3) is 0.105. The highest BCUT2D eigenvalue weighted by Gasteiger charge is 2.37. The van der Waals surface area contributed by atoms with Gasteiger partial charge in [0.05, 0.1) is 21.8 Å². The number of aromatic amines is 1. The number of anilines is 1. The van der Waals surface area contributed by atoms with Crippen molar-refractivity contribution in [2.45, 2.75) is 12.4 Å². The van der Waals surface area contributed by atoms with Gasteiger partial charge < -0.3 is 10.3 Å². The van der Waals surface area contributed by atoms with Crippen LogP contribution in [0.15, 0.2) is 52.2 Å². The molecule has 2 aromatic carbocycles. The Bertz CT molecular complexity index is 1330. The highest BCUT2D eigenvalue weighted by atomic mass is 35.5. The molecule has 174 valence electrons. The van der Waals surface area contributed by atoms with Gasteiger partial charge in [0.25, 0.3) is 11.5 Å². The van der Waals surface area contributed by atoms with Crippen molar-refractivity contribution in [1.82, 2.24) is 9.55 Å². The van der Waals surface area contributed by atoms with Gasteiger partial charge in [-0.3, -0.25) is 9.59 Å². The number of nitrogens with zero attached hydrogens (tertiary/aromatic N) is 1. The summed E-state index contributed by atoms with van der Waals surface area (Å²) in [5, 5.41) is 1.32. The first-order valence-corrected chi connectivity index (χ1v) is 8.97. The van der Waals surface area contributed by atoms with Crippen LogP contribution >= 0.6 is 11.6 Å². The predicted molar refractivity (Wildman–Crippen MR) is 102 cm³/mol. The van der Waals surface area contributed by atoms with Gasteiger partial charge in [-0.15, -0.1) is 0 Å². The number of nitrogens with one attached hydrogen (secondary N) is 2. The van der Waals surface area contributed by atoms with Crippen LogP contribution < -0.4 is 16.6 Å². The molecule has 33 heavy (non-hydrogen) atoms. The Kier molecular flexibility index (Phi) is 6.11. The second-order valence-corrected chi connectivity index (χ2v) is 6.90. The first-order valence-electron chi connectivity index (χ1n) is 8.59. The third-order valence-electron chi connectivity index (χ3n) is 4.23. The van der Waals surface area contributed by atoms with Crippen molar-refractivity contribution in [2.24, 2.45) is 0 Å². The lowest BCUT2D eigenvalue weighted by atomic mass is 10.1. The average molecular weight is 496 g/mol. The van der Waals surface area contributed by atoms with E-state index in [1.165, 1.54) is 0 Å². The zero-order chi connectivity index (χ0) is 24.7. The molecule has 1 amide bonds. The van der Waals surface area contributed by atoms with Crippen LogP contribution in [0.25, 0.3) is 5.69 Å². The number of carbonyl (C=O) groups is 1. The van der Waals surface area contributed by atoms with Crippen LogP contribution in [0.1, 0.15) is 21.5 Å². The summed E-state index contributed by atoms with van der Waals surface area (Å²) in [6, 6.07) is 3.08. The lowest BCUT2D eigenvalue weighted by molar-refractivity contribution is -0.143. The molecule has 0 saturated carbocycles. The number of alkyl halides is 6. The molecule has 1 aromatic heterocycles. The molecule has 0 radical (unpaired) electrons. The van der Waals surface area contributed by atoms with E-state index in [1.807, 2.05) is 4.98 Å². The topological polar surface area (TPSA) is 84.0 Å². The molecular formula is C19H9ClF7N3O3. The van der Waals surface area contributed by atoms with E-state index >= 15 is 0 Å². The van der Waals surface area contributed by atoms with Crippen LogP contribution in [-0.4, -0.2) is 15.5 Å². The van der Waals surface area contributed by atoms with E-state index in [0.717, 1.165) is 18.2 Å². The molecule has 0 aliphatic carbocycles. The number of halogens is 8. The Labute approximate surface area is 183 Å². The summed E-state index contributed by atoms with van der Waals surface area (Å²) in [6.07, 6.45) is -9.69. The summed E-state index contributed by atoms with van der Waals surface area (Å²) in [4.78, 5) is 39.2. The minimum atomic E-state index is -5.16. The Hall–Kier alpha value is -3.61. The van der Waals surface area contributed by atoms with Crippen LogP contribution in [0.2, 0.25) is 5.02 Å². The van der Waals surface area contributed by atoms with Crippen LogP contribution in [0.4, 0.5) is 36.4 Å². The van der Waals surface area contributed by atoms with E-state index in [1.54, 1.807) is 5.32 Å². The van der Waals surface area contributed by atoms with Crippen LogP contribution in [0.3, 0.4) is 0 Å². The maximum Gasteiger partial charge on any atom is 0.416 e. The minimum absolute atomic E-state index is 0.138. The van der Waals surface area contributed by atoms with Crippen molar-refractivity contribution < 1.29 is 35.5 Å². The molecule has 0 saturated heterocycles. The zero-order valence-corrected chi connectivity index (χ0v) is 16.5. The monoisotopic (exact) mass is 495 g/mol. The van der Waals surface area contributed by atoms with Crippen molar-refractivity contribution in [3.8, 4) is 5.69 Å². The highest BCUT2D eigenvalue weighted by molar-refractivity contribution is 6.30. The molecule has 0 unspecified atom stereocenters. The second kappa shape index (κ2) is 8.39. The second-order valence-electron chi connectivity index (χ2n) is 6.50. The number of H-pyrrole nitrogens is 1. The average Bonchev–Trinajstić information content (AvgIpc) is 2.69. The summed E-state index contributed by atoms with van der Waals surface area (Å²) >= 11 is 5.62. The maximum atomic E-state index is 13.4. The quantitative estimate of drug-likeness (QED) is 0.521. The predicted octanol–water partition coefficient (Wildman–Crippen LogP) is 4.61. The van der Waals surface area contributed by atoms with Crippen molar-refractivity contribution >= 4 is 23.2 Å². The van der Waals surface area contributed by atoms with Gasteiger partial charge in [-0.05, 0) is 36.4 Å². The fourth-order valence-electron chi connectivity index (χ4n) is 2.72. The zero-order valence-electron chi connectivity index (χ0n) is 15.7. The molecule has 1 heterocycles. The summed E-state index contributed by atoms with van der Waals surface area (Å²) in [5.41, 5.74) is -7.72. The molecule has 0 spiro atoms. The van der Waals surface area contributed by atoms with Gasteiger partial charge in [0.1, 0.15) is 11.4 Å². The first-order chi connectivity index (χ1) is 15.2. The van der Waals surface area contributed by atoms with E-state index in [2.05, 4.69) is 0 Å². The number of hydrogen-bond donors (Lipinski definition) is 2. The van der Waals surface area contributed by atoms with E-state index in [0.29, 0.717) is 10.8 Å². The lowest BCUT2D eigenvalue weighted by Gasteiger charge is -2.15. The van der Waals surface area contributed by atoms with Crippen molar-refractivity contribution in [3.63, 3.8) is 0 Å². The number of carbonyl (C=O) groups excluding carboxylic acids is 1. The number of aromatic nitrogens is 2. The standard InChI is InChI=1S/C19H9ClF7N3O3/c20-13-6-11(1-2-14(13)21)30-16(32)12(7-28-17(30)33)15(31)29-10-4-8(18(22,23)24)3-9(5-10)19(25,26)27/h1-7H,(H,28,33)(H,29,31). The Balaban J connectivity index is 2.06. The summed E-state index contributed by atoms with van der Waals surface area (Å²) in [7, 11) is 0. The van der Waals surface area contributed by atoms with E-state index < -0.39 is 62.7 Å². The number of amides is 1. The SMILES string of the molecule is O=C(Nc1cc(C(F)(F)F)cc(C(F)(F)F)c1)c1c[nH]c(=O)n(-c2ccc(F)c(Cl)c2)c1=O. The molecule has 14 heteroatoms. The Morgan fingerprint density at radius 3 is 2.03 bits per heavy atom. The third-order valence-corrected chi connectivity index (χ3v) is 4.52. The molecular weight excluding hydrogens is 487 g/mol. The molecule has 0 aliphatic heterocycles.